The second-order valence-corrected chi connectivity index (χ2v) is 9.06. The normalized spacial score (nSPS) is 14.5. The number of methoxy groups -OCH3 is 1. The average molecular weight is 555 g/mol. The lowest BCUT2D eigenvalue weighted by molar-refractivity contribution is -0.122. The Morgan fingerprint density at radius 3 is 2.32 bits per heavy atom. The van der Waals surface area contributed by atoms with Crippen molar-refractivity contribution in [1.82, 2.24) is 5.32 Å². The van der Waals surface area contributed by atoms with E-state index >= 15 is 0 Å². The van der Waals surface area contributed by atoms with Crippen molar-refractivity contribution in [1.29, 1.82) is 0 Å². The van der Waals surface area contributed by atoms with Crippen LogP contribution >= 0.6 is 23.2 Å². The summed E-state index contributed by atoms with van der Waals surface area (Å²) >= 11 is 12.1. The molecule has 1 N–H and O–H groups in total. The zero-order valence-electron chi connectivity index (χ0n) is 20.6. The van der Waals surface area contributed by atoms with Gasteiger partial charge in [0.15, 0.2) is 0 Å². The van der Waals surface area contributed by atoms with E-state index in [0.29, 0.717) is 45.2 Å². The molecule has 3 aromatic rings. The minimum atomic E-state index is -0.842. The molecule has 0 spiro atoms. The summed E-state index contributed by atoms with van der Waals surface area (Å²) in [5, 5.41) is 3.04. The second kappa shape index (κ2) is 12.0. The number of amides is 4. The van der Waals surface area contributed by atoms with Crippen LogP contribution in [0.3, 0.4) is 0 Å². The predicted molar refractivity (Wildman–Crippen MR) is 145 cm³/mol. The number of hydrogen-bond acceptors (Lipinski definition) is 6. The number of benzene rings is 3. The Kier molecular flexibility index (Phi) is 8.55. The number of hydrogen-bond donors (Lipinski definition) is 1. The highest BCUT2D eigenvalue weighted by molar-refractivity contribution is 6.42. The maximum Gasteiger partial charge on any atom is 0.335 e. The highest BCUT2D eigenvalue weighted by Crippen LogP contribution is 2.31. The summed E-state index contributed by atoms with van der Waals surface area (Å²) in [4.78, 5) is 39.5. The van der Waals surface area contributed by atoms with Gasteiger partial charge in [-0.3, -0.25) is 14.9 Å². The van der Waals surface area contributed by atoms with Crippen LogP contribution in [0.25, 0.3) is 6.08 Å². The summed E-state index contributed by atoms with van der Waals surface area (Å²) in [5.74, 6) is -0.116. The van der Waals surface area contributed by atoms with Crippen molar-refractivity contribution in [3.8, 4) is 17.2 Å². The summed E-state index contributed by atoms with van der Waals surface area (Å²) in [6.45, 7) is 2.67. The van der Waals surface area contributed by atoms with Gasteiger partial charge in [-0.25, -0.2) is 9.69 Å². The Morgan fingerprint density at radius 2 is 1.63 bits per heavy atom. The summed E-state index contributed by atoms with van der Waals surface area (Å²) in [5.41, 5.74) is 1.25. The molecule has 196 valence electrons. The minimum absolute atomic E-state index is 0.136. The first-order valence-corrected chi connectivity index (χ1v) is 12.5. The van der Waals surface area contributed by atoms with Gasteiger partial charge in [-0.2, -0.15) is 0 Å². The van der Waals surface area contributed by atoms with Crippen LogP contribution in [0, 0.1) is 0 Å². The van der Waals surface area contributed by atoms with E-state index < -0.39 is 17.8 Å². The van der Waals surface area contributed by atoms with Gasteiger partial charge in [0, 0.05) is 11.6 Å². The molecule has 10 heteroatoms. The maximum absolute atomic E-state index is 13.3. The van der Waals surface area contributed by atoms with Gasteiger partial charge in [-0.05, 0) is 66.6 Å². The molecule has 0 aliphatic carbocycles. The average Bonchev–Trinajstić information content (AvgIpc) is 2.91. The van der Waals surface area contributed by atoms with Crippen molar-refractivity contribution in [2.75, 3.05) is 18.6 Å². The second-order valence-electron chi connectivity index (χ2n) is 8.24. The van der Waals surface area contributed by atoms with Crippen molar-refractivity contribution in [2.24, 2.45) is 0 Å². The molecular formula is C28H24Cl2N2O6. The SMILES string of the molecule is CCCOc1ccc(N2C(=O)NC(=O)/C(=C/c3ccc(OC)cc3OCc3ccc(Cl)c(Cl)c3)C2=O)cc1. The third-order valence-corrected chi connectivity index (χ3v) is 6.31. The van der Waals surface area contributed by atoms with E-state index in [0.717, 1.165) is 16.9 Å². The standard InChI is InChI=1S/C28H24Cl2N2O6/c1-3-12-37-20-9-6-19(7-10-20)32-27(34)22(26(33)31-28(32)35)14-18-5-8-21(36-2)15-25(18)38-16-17-4-11-23(29)24(30)13-17/h4-11,13-15H,3,12,16H2,1-2H3,(H,31,33,35)/b22-14-. The van der Waals surface area contributed by atoms with E-state index in [-0.39, 0.29) is 12.2 Å². The Bertz CT molecular complexity index is 1400. The van der Waals surface area contributed by atoms with Gasteiger partial charge in [-0.15, -0.1) is 0 Å². The van der Waals surface area contributed by atoms with Crippen molar-refractivity contribution in [3.05, 3.63) is 87.4 Å². The number of carbonyl (C=O) groups is 3. The number of barbiturate groups is 1. The van der Waals surface area contributed by atoms with Crippen molar-refractivity contribution < 1.29 is 28.6 Å². The van der Waals surface area contributed by atoms with Crippen LogP contribution in [0.5, 0.6) is 17.2 Å². The third-order valence-electron chi connectivity index (χ3n) is 5.57. The number of nitrogens with zero attached hydrogens (tertiary/aromatic N) is 1. The van der Waals surface area contributed by atoms with Gasteiger partial charge in [0.2, 0.25) is 0 Å². The fourth-order valence-corrected chi connectivity index (χ4v) is 3.96. The molecule has 0 atom stereocenters. The zero-order chi connectivity index (χ0) is 27.2. The Balaban J connectivity index is 1.63. The molecular weight excluding hydrogens is 531 g/mol. The maximum atomic E-state index is 13.3. The minimum Gasteiger partial charge on any atom is -0.497 e. The van der Waals surface area contributed by atoms with Crippen molar-refractivity contribution in [3.63, 3.8) is 0 Å². The lowest BCUT2D eigenvalue weighted by Gasteiger charge is -2.26. The topological polar surface area (TPSA) is 94.2 Å². The molecule has 4 rings (SSSR count). The molecule has 0 saturated carbocycles. The third kappa shape index (κ3) is 6.10. The molecule has 1 fully saturated rings. The largest absolute Gasteiger partial charge is 0.497 e. The number of urea groups is 1. The van der Waals surface area contributed by atoms with Crippen molar-refractivity contribution >= 4 is 52.8 Å². The lowest BCUT2D eigenvalue weighted by Crippen LogP contribution is -2.54. The summed E-state index contributed by atoms with van der Waals surface area (Å²) in [6.07, 6.45) is 2.22. The van der Waals surface area contributed by atoms with Crippen LogP contribution < -0.4 is 24.4 Å². The number of anilines is 1. The monoisotopic (exact) mass is 554 g/mol. The highest BCUT2D eigenvalue weighted by Gasteiger charge is 2.37. The lowest BCUT2D eigenvalue weighted by atomic mass is 10.1. The van der Waals surface area contributed by atoms with Crippen molar-refractivity contribution in [2.45, 2.75) is 20.0 Å². The van der Waals surface area contributed by atoms with Crippen LogP contribution in [0.2, 0.25) is 10.0 Å². The number of ether oxygens (including phenoxy) is 3. The molecule has 0 aromatic heterocycles. The Morgan fingerprint density at radius 1 is 0.895 bits per heavy atom. The van der Waals surface area contributed by atoms with Gasteiger partial charge in [0.05, 0.1) is 29.4 Å². The first-order chi connectivity index (χ1) is 18.3. The molecule has 0 bridgehead atoms. The van der Waals surface area contributed by atoms with Gasteiger partial charge < -0.3 is 14.2 Å². The zero-order valence-corrected chi connectivity index (χ0v) is 22.1. The first kappa shape index (κ1) is 27.0. The molecule has 0 radical (unpaired) electrons. The fourth-order valence-electron chi connectivity index (χ4n) is 3.64. The van der Waals surface area contributed by atoms with E-state index in [1.165, 1.54) is 13.2 Å². The number of rotatable bonds is 9. The molecule has 1 aliphatic rings. The Hall–Kier alpha value is -4.01. The highest BCUT2D eigenvalue weighted by atomic mass is 35.5. The van der Waals surface area contributed by atoms with Crippen LogP contribution in [-0.4, -0.2) is 31.6 Å². The first-order valence-electron chi connectivity index (χ1n) is 11.7. The van der Waals surface area contributed by atoms with Gasteiger partial charge in [0.25, 0.3) is 11.8 Å². The van der Waals surface area contributed by atoms with Gasteiger partial charge >= 0.3 is 6.03 Å². The predicted octanol–water partition coefficient (Wildman–Crippen LogP) is 6.04. The molecule has 4 amide bonds. The molecule has 1 saturated heterocycles. The van der Waals surface area contributed by atoms with Crippen LogP contribution in [0.15, 0.2) is 66.2 Å². The molecule has 1 heterocycles. The molecule has 0 unspecified atom stereocenters. The van der Waals surface area contributed by atoms with E-state index in [1.807, 2.05) is 6.92 Å². The van der Waals surface area contributed by atoms with E-state index in [9.17, 15) is 14.4 Å². The van der Waals surface area contributed by atoms with Gasteiger partial charge in [-0.1, -0.05) is 36.2 Å². The summed E-state index contributed by atoms with van der Waals surface area (Å²) in [6, 6.07) is 15.7. The molecule has 8 nitrogen and oxygen atoms in total. The van der Waals surface area contributed by atoms with E-state index in [2.05, 4.69) is 5.32 Å². The quantitative estimate of drug-likeness (QED) is 0.256. The number of carbonyl (C=O) groups excluding carboxylic acids is 3. The Labute approximate surface area is 229 Å². The summed E-state index contributed by atoms with van der Waals surface area (Å²) < 4.78 is 16.9. The van der Waals surface area contributed by atoms with E-state index in [1.54, 1.807) is 60.7 Å². The fraction of sp³-hybridized carbons (Fsp3) is 0.179. The van der Waals surface area contributed by atoms with Crippen LogP contribution in [-0.2, 0) is 16.2 Å². The van der Waals surface area contributed by atoms with E-state index in [4.69, 9.17) is 37.4 Å². The number of halogens is 2. The van der Waals surface area contributed by atoms with Gasteiger partial charge in [0.1, 0.15) is 29.4 Å². The number of nitrogens with one attached hydrogen (secondary N) is 1. The number of imide groups is 2. The van der Waals surface area contributed by atoms with Crippen LogP contribution in [0.4, 0.5) is 10.5 Å². The molecule has 1 aliphatic heterocycles. The summed E-state index contributed by atoms with van der Waals surface area (Å²) in [7, 11) is 1.51. The van der Waals surface area contributed by atoms with Crippen LogP contribution in [0.1, 0.15) is 24.5 Å². The smallest absolute Gasteiger partial charge is 0.335 e. The molecule has 3 aromatic carbocycles. The molecule has 38 heavy (non-hydrogen) atoms.